The van der Waals surface area contributed by atoms with Crippen molar-refractivity contribution in [2.45, 2.75) is 32.1 Å². The van der Waals surface area contributed by atoms with E-state index in [1.54, 1.807) is 0 Å². The van der Waals surface area contributed by atoms with Crippen LogP contribution in [-0.4, -0.2) is 42.3 Å². The van der Waals surface area contributed by atoms with Crippen LogP contribution < -0.4 is 0 Å². The van der Waals surface area contributed by atoms with E-state index >= 15 is 0 Å². The lowest BCUT2D eigenvalue weighted by atomic mass is 9.91. The van der Waals surface area contributed by atoms with Crippen molar-refractivity contribution in [1.82, 2.24) is 4.90 Å². The quantitative estimate of drug-likeness (QED) is 0.634. The van der Waals surface area contributed by atoms with Crippen LogP contribution in [0.4, 0.5) is 0 Å². The van der Waals surface area contributed by atoms with E-state index in [-0.39, 0.29) is 11.8 Å². The first-order valence-corrected chi connectivity index (χ1v) is 5.11. The summed E-state index contributed by atoms with van der Waals surface area (Å²) in [6, 6.07) is -0.587. The molecule has 2 atom stereocenters. The van der Waals surface area contributed by atoms with Crippen LogP contribution >= 0.6 is 0 Å². The molecular weight excluding hydrogens is 181 g/mol. The minimum Gasteiger partial charge on any atom is -0.480 e. The molecule has 0 aromatic heterocycles. The van der Waals surface area contributed by atoms with Gasteiger partial charge in [-0.15, -0.1) is 0 Å². The molecule has 2 unspecified atom stereocenters. The maximum absolute atomic E-state index is 11.8. The predicted molar refractivity (Wildman–Crippen MR) is 54.9 cm³/mol. The first-order chi connectivity index (χ1) is 6.57. The van der Waals surface area contributed by atoms with Gasteiger partial charge in [0.05, 0.1) is 0 Å². The molecule has 1 N–H and O–H groups in total. The molecular formula is C9H16BNO3. The number of hydrogen-bond acceptors (Lipinski definition) is 2. The molecule has 0 aromatic rings. The number of carbonyl (C=O) groups excluding carboxylic acids is 1. The first-order valence-electron chi connectivity index (χ1n) is 5.11. The molecule has 1 amide bonds. The Morgan fingerprint density at radius 3 is 2.79 bits per heavy atom. The van der Waals surface area contributed by atoms with E-state index in [0.29, 0.717) is 13.0 Å². The molecule has 5 heteroatoms. The van der Waals surface area contributed by atoms with Crippen molar-refractivity contribution in [2.24, 2.45) is 5.92 Å². The number of nitrogens with zero attached hydrogens (tertiary/aromatic N) is 1. The zero-order chi connectivity index (χ0) is 10.7. The number of rotatable bonds is 3. The lowest BCUT2D eigenvalue weighted by molar-refractivity contribution is -0.149. The third-order valence-electron chi connectivity index (χ3n) is 2.85. The van der Waals surface area contributed by atoms with Crippen molar-refractivity contribution >= 4 is 19.7 Å². The Bertz CT molecular complexity index is 244. The van der Waals surface area contributed by atoms with Crippen molar-refractivity contribution in [3.63, 3.8) is 0 Å². The van der Waals surface area contributed by atoms with Crippen LogP contribution in [0, 0.1) is 5.92 Å². The molecule has 4 nitrogen and oxygen atoms in total. The van der Waals surface area contributed by atoms with Crippen molar-refractivity contribution < 1.29 is 14.7 Å². The Morgan fingerprint density at radius 1 is 1.64 bits per heavy atom. The van der Waals surface area contributed by atoms with E-state index in [2.05, 4.69) is 0 Å². The molecule has 0 radical (unpaired) electrons. The molecule has 0 aliphatic carbocycles. The van der Waals surface area contributed by atoms with Crippen LogP contribution in [0.5, 0.6) is 0 Å². The summed E-state index contributed by atoms with van der Waals surface area (Å²) in [4.78, 5) is 24.1. The van der Waals surface area contributed by atoms with Crippen LogP contribution in [-0.2, 0) is 9.59 Å². The van der Waals surface area contributed by atoms with Gasteiger partial charge in [-0.1, -0.05) is 13.2 Å². The fourth-order valence-electron chi connectivity index (χ4n) is 1.74. The van der Waals surface area contributed by atoms with Gasteiger partial charge in [-0.25, -0.2) is 4.79 Å². The zero-order valence-corrected chi connectivity index (χ0v) is 8.69. The molecule has 78 valence electrons. The minimum absolute atomic E-state index is 0.0163. The zero-order valence-electron chi connectivity index (χ0n) is 8.69. The molecule has 1 fully saturated rings. The Balaban J connectivity index is 2.67. The largest absolute Gasteiger partial charge is 0.480 e. The molecule has 14 heavy (non-hydrogen) atoms. The van der Waals surface area contributed by atoms with Gasteiger partial charge in [0.2, 0.25) is 5.91 Å². The summed E-state index contributed by atoms with van der Waals surface area (Å²) >= 11 is 0. The number of hydrogen-bond donors (Lipinski definition) is 1. The molecule has 0 spiro atoms. The van der Waals surface area contributed by atoms with Crippen molar-refractivity contribution in [2.75, 3.05) is 6.54 Å². The summed E-state index contributed by atoms with van der Waals surface area (Å²) in [7, 11) is 1.94. The van der Waals surface area contributed by atoms with Gasteiger partial charge < -0.3 is 10.0 Å². The van der Waals surface area contributed by atoms with E-state index in [1.165, 1.54) is 4.90 Å². The average Bonchev–Trinajstić information content (AvgIpc) is 2.63. The topological polar surface area (TPSA) is 57.6 Å². The van der Waals surface area contributed by atoms with Gasteiger partial charge in [-0.3, -0.25) is 4.79 Å². The normalized spacial score (nSPS) is 23.5. The average molecular weight is 197 g/mol. The van der Waals surface area contributed by atoms with Crippen LogP contribution in [0.3, 0.4) is 0 Å². The summed E-state index contributed by atoms with van der Waals surface area (Å²) in [5, 5.41) is 8.89. The van der Waals surface area contributed by atoms with E-state index in [4.69, 9.17) is 5.11 Å². The number of aliphatic carboxylic acids is 1. The maximum Gasteiger partial charge on any atom is 0.326 e. The monoisotopic (exact) mass is 197 g/mol. The number of amides is 1. The van der Waals surface area contributed by atoms with E-state index in [0.717, 1.165) is 12.7 Å². The smallest absolute Gasteiger partial charge is 0.326 e. The van der Waals surface area contributed by atoms with E-state index in [1.807, 2.05) is 14.8 Å². The number of carboxylic acids is 1. The number of carbonyl (C=O) groups is 2. The summed E-state index contributed by atoms with van der Waals surface area (Å²) < 4.78 is 0. The van der Waals surface area contributed by atoms with Crippen molar-refractivity contribution in [1.29, 1.82) is 0 Å². The highest BCUT2D eigenvalue weighted by Gasteiger charge is 2.35. The lowest BCUT2D eigenvalue weighted by Gasteiger charge is -2.24. The van der Waals surface area contributed by atoms with Gasteiger partial charge in [-0.05, 0) is 12.8 Å². The second-order valence-corrected chi connectivity index (χ2v) is 3.84. The second kappa shape index (κ2) is 4.48. The number of likely N-dealkylation sites (tertiary alicyclic amines) is 1. The van der Waals surface area contributed by atoms with E-state index in [9.17, 15) is 9.59 Å². The molecule has 0 bridgehead atoms. The predicted octanol–water partition coefficient (Wildman–Crippen LogP) is -0.251. The molecule has 1 aliphatic heterocycles. The highest BCUT2D eigenvalue weighted by atomic mass is 16.4. The molecule has 1 saturated heterocycles. The van der Waals surface area contributed by atoms with Gasteiger partial charge in [0.1, 0.15) is 13.9 Å². The Hall–Kier alpha value is -0.995. The number of carboxylic acid groups (broad SMARTS) is 1. The molecule has 1 rings (SSSR count). The third kappa shape index (κ3) is 2.08. The highest BCUT2D eigenvalue weighted by molar-refractivity contribution is 6.10. The van der Waals surface area contributed by atoms with E-state index < -0.39 is 12.0 Å². The third-order valence-corrected chi connectivity index (χ3v) is 2.85. The van der Waals surface area contributed by atoms with Crippen molar-refractivity contribution in [3.8, 4) is 0 Å². The van der Waals surface area contributed by atoms with Crippen LogP contribution in [0.25, 0.3) is 0 Å². The first kappa shape index (κ1) is 11.1. The SMILES string of the molecule is BCC(C)C(=O)N1CCCC1C(=O)O. The van der Waals surface area contributed by atoms with Crippen LogP contribution in [0.1, 0.15) is 19.8 Å². The summed E-state index contributed by atoms with van der Waals surface area (Å²) in [6.07, 6.45) is 2.17. The van der Waals surface area contributed by atoms with Gasteiger partial charge >= 0.3 is 5.97 Å². The molecule has 0 aromatic carbocycles. The Morgan fingerprint density at radius 2 is 2.29 bits per heavy atom. The summed E-state index contributed by atoms with van der Waals surface area (Å²) in [6.45, 7) is 2.44. The molecule has 0 saturated carbocycles. The van der Waals surface area contributed by atoms with Gasteiger partial charge in [-0.2, -0.15) is 0 Å². The molecule has 1 aliphatic rings. The lowest BCUT2D eigenvalue weighted by Crippen LogP contribution is -2.42. The summed E-state index contributed by atoms with van der Waals surface area (Å²) in [5.41, 5.74) is 0. The highest BCUT2D eigenvalue weighted by Crippen LogP contribution is 2.20. The Labute approximate surface area is 84.7 Å². The fraction of sp³-hybridized carbons (Fsp3) is 0.778. The maximum atomic E-state index is 11.8. The van der Waals surface area contributed by atoms with Crippen molar-refractivity contribution in [3.05, 3.63) is 0 Å². The second-order valence-electron chi connectivity index (χ2n) is 3.84. The Kier molecular flexibility index (Phi) is 3.55. The standard InChI is InChI=1S/C9H16BNO3/c1-6(5-10)8(12)11-4-2-3-7(11)9(13)14/h6-7H,2-5,10H2,1H3,(H,13,14). The van der Waals surface area contributed by atoms with Gasteiger partial charge in [0.15, 0.2) is 0 Å². The van der Waals surface area contributed by atoms with Crippen LogP contribution in [0.15, 0.2) is 0 Å². The fourth-order valence-corrected chi connectivity index (χ4v) is 1.74. The summed E-state index contributed by atoms with van der Waals surface area (Å²) in [5.74, 6) is -0.952. The van der Waals surface area contributed by atoms with Gasteiger partial charge in [0, 0.05) is 12.5 Å². The molecule has 1 heterocycles. The van der Waals surface area contributed by atoms with Crippen LogP contribution in [0.2, 0.25) is 6.32 Å². The van der Waals surface area contributed by atoms with Gasteiger partial charge in [0.25, 0.3) is 0 Å². The minimum atomic E-state index is -0.876.